The lowest BCUT2D eigenvalue weighted by molar-refractivity contribution is -0.137. The van der Waals surface area contributed by atoms with Crippen molar-refractivity contribution in [3.63, 3.8) is 0 Å². The molecule has 1 aliphatic rings. The minimum absolute atomic E-state index is 0.0642. The van der Waals surface area contributed by atoms with Gasteiger partial charge in [-0.1, -0.05) is 16.8 Å². The highest BCUT2D eigenvalue weighted by Gasteiger charge is 2.36. The predicted molar refractivity (Wildman–Crippen MR) is 103 cm³/mol. The Morgan fingerprint density at radius 1 is 1.26 bits per heavy atom. The van der Waals surface area contributed by atoms with Gasteiger partial charge in [0.2, 0.25) is 0 Å². The zero-order valence-electron chi connectivity index (χ0n) is 16.4. The number of rotatable bonds is 2. The summed E-state index contributed by atoms with van der Waals surface area (Å²) in [6, 6.07) is 3.64. The number of aromatic nitrogens is 4. The molecule has 3 aromatic rings. The van der Waals surface area contributed by atoms with Crippen LogP contribution in [0.2, 0.25) is 5.02 Å². The Morgan fingerprint density at radius 2 is 2.00 bits per heavy atom. The van der Waals surface area contributed by atoms with Crippen molar-refractivity contribution >= 4 is 17.5 Å². The van der Waals surface area contributed by atoms with Crippen LogP contribution in [-0.4, -0.2) is 37.3 Å². The maximum Gasteiger partial charge on any atom is 0.416 e. The number of pyridine rings is 1. The molecular weight excluding hydrogens is 438 g/mol. The summed E-state index contributed by atoms with van der Waals surface area (Å²) in [6.07, 6.45) is -3.16. The van der Waals surface area contributed by atoms with Crippen molar-refractivity contribution in [3.8, 4) is 5.82 Å². The number of nitrogens with zero attached hydrogens (tertiary/aromatic N) is 5. The Hall–Kier alpha value is -3.01. The van der Waals surface area contributed by atoms with Crippen LogP contribution < -0.4 is 0 Å². The maximum absolute atomic E-state index is 13.5. The van der Waals surface area contributed by atoms with Crippen molar-refractivity contribution in [2.45, 2.75) is 32.5 Å². The van der Waals surface area contributed by atoms with E-state index in [1.807, 2.05) is 0 Å². The van der Waals surface area contributed by atoms with E-state index in [0.29, 0.717) is 29.2 Å². The molecule has 0 spiro atoms. The van der Waals surface area contributed by atoms with Crippen molar-refractivity contribution in [1.29, 1.82) is 0 Å². The number of carbonyl (C=O) groups is 1. The van der Waals surface area contributed by atoms with Gasteiger partial charge in [0.05, 0.1) is 34.1 Å². The number of halogens is 5. The molecule has 0 aliphatic carbocycles. The summed E-state index contributed by atoms with van der Waals surface area (Å²) in [5, 5.41) is 8.17. The number of aryl methyl sites for hydroxylation is 1. The fourth-order valence-corrected chi connectivity index (χ4v) is 3.76. The highest BCUT2D eigenvalue weighted by molar-refractivity contribution is 6.33. The molecule has 11 heteroatoms. The van der Waals surface area contributed by atoms with Crippen LogP contribution >= 0.6 is 11.6 Å². The highest BCUT2D eigenvalue weighted by atomic mass is 35.5. The second-order valence-electron chi connectivity index (χ2n) is 7.24. The van der Waals surface area contributed by atoms with Crippen LogP contribution in [0.25, 0.3) is 5.82 Å². The number of hydrogen-bond donors (Lipinski definition) is 0. The van der Waals surface area contributed by atoms with Crippen molar-refractivity contribution in [2.75, 3.05) is 6.54 Å². The fraction of sp³-hybridized carbons (Fsp3) is 0.300. The van der Waals surface area contributed by atoms with Crippen molar-refractivity contribution in [3.05, 3.63) is 69.4 Å². The molecule has 3 heterocycles. The first kappa shape index (κ1) is 21.2. The summed E-state index contributed by atoms with van der Waals surface area (Å²) in [4.78, 5) is 18.5. The molecule has 2 aromatic heterocycles. The van der Waals surface area contributed by atoms with Gasteiger partial charge in [0, 0.05) is 13.0 Å². The normalized spacial score (nSPS) is 16.4. The molecule has 1 amide bonds. The second-order valence-corrected chi connectivity index (χ2v) is 7.65. The molecule has 0 radical (unpaired) electrons. The molecule has 1 unspecified atom stereocenters. The number of alkyl halides is 3. The van der Waals surface area contributed by atoms with Crippen LogP contribution in [0.3, 0.4) is 0 Å². The van der Waals surface area contributed by atoms with E-state index in [1.165, 1.54) is 15.6 Å². The maximum atomic E-state index is 13.5. The minimum atomic E-state index is -4.59. The van der Waals surface area contributed by atoms with E-state index >= 15 is 0 Å². The Kier molecular flexibility index (Phi) is 5.20. The number of hydrogen-bond acceptors (Lipinski definition) is 4. The molecule has 0 saturated carbocycles. The van der Waals surface area contributed by atoms with Gasteiger partial charge in [0.25, 0.3) is 5.91 Å². The average Bonchev–Trinajstić information content (AvgIpc) is 3.14. The van der Waals surface area contributed by atoms with Gasteiger partial charge in [-0.05, 0) is 43.7 Å². The molecule has 6 nitrogen and oxygen atoms in total. The molecule has 31 heavy (non-hydrogen) atoms. The van der Waals surface area contributed by atoms with Crippen LogP contribution in [-0.2, 0) is 12.6 Å². The van der Waals surface area contributed by atoms with E-state index in [-0.39, 0.29) is 17.1 Å². The summed E-state index contributed by atoms with van der Waals surface area (Å²) < 4.78 is 54.3. The largest absolute Gasteiger partial charge is 0.416 e. The molecular formula is C20H16ClF4N5O. The van der Waals surface area contributed by atoms with Gasteiger partial charge in [0.15, 0.2) is 5.82 Å². The average molecular weight is 454 g/mol. The number of benzene rings is 1. The molecule has 1 aromatic carbocycles. The second kappa shape index (κ2) is 7.60. The van der Waals surface area contributed by atoms with Gasteiger partial charge in [0.1, 0.15) is 11.5 Å². The lowest BCUT2D eigenvalue weighted by Gasteiger charge is -2.33. The predicted octanol–water partition coefficient (Wildman–Crippen LogP) is 4.54. The van der Waals surface area contributed by atoms with Crippen molar-refractivity contribution < 1.29 is 22.4 Å². The molecule has 0 bridgehead atoms. The lowest BCUT2D eigenvalue weighted by Crippen LogP contribution is -2.39. The molecule has 1 aliphatic heterocycles. The van der Waals surface area contributed by atoms with Crippen molar-refractivity contribution in [2.24, 2.45) is 0 Å². The third kappa shape index (κ3) is 3.76. The number of amides is 1. The summed E-state index contributed by atoms with van der Waals surface area (Å²) in [6.45, 7) is 3.53. The molecule has 0 saturated heterocycles. The van der Waals surface area contributed by atoms with Gasteiger partial charge >= 0.3 is 6.18 Å². The SMILES string of the molecule is Cc1cc(-n2nnc3c2CCN(C(=O)c2cc(C(F)(F)F)ccc2Cl)C3C)ncc1F. The highest BCUT2D eigenvalue weighted by Crippen LogP contribution is 2.35. The van der Waals surface area contributed by atoms with Crippen molar-refractivity contribution in [1.82, 2.24) is 24.9 Å². The summed E-state index contributed by atoms with van der Waals surface area (Å²) in [7, 11) is 0. The van der Waals surface area contributed by atoms with Crippen LogP contribution in [0.4, 0.5) is 17.6 Å². The smallest absolute Gasteiger partial charge is 0.330 e. The first-order valence-corrected chi connectivity index (χ1v) is 9.70. The Bertz CT molecular complexity index is 1180. The first-order chi connectivity index (χ1) is 14.6. The molecule has 1 atom stereocenters. The minimum Gasteiger partial charge on any atom is -0.330 e. The van der Waals surface area contributed by atoms with Crippen LogP contribution in [0.15, 0.2) is 30.5 Å². The van der Waals surface area contributed by atoms with E-state index < -0.39 is 29.5 Å². The molecule has 4 rings (SSSR count). The van der Waals surface area contributed by atoms with Gasteiger partial charge in [-0.3, -0.25) is 4.79 Å². The molecule has 162 valence electrons. The number of carbonyl (C=O) groups excluding carboxylic acids is 1. The van der Waals surface area contributed by atoms with Gasteiger partial charge in [-0.25, -0.2) is 9.37 Å². The molecule has 0 N–H and O–H groups in total. The zero-order chi connectivity index (χ0) is 22.5. The van der Waals surface area contributed by atoms with E-state index in [0.717, 1.165) is 24.4 Å². The topological polar surface area (TPSA) is 63.9 Å². The van der Waals surface area contributed by atoms with Gasteiger partial charge in [-0.15, -0.1) is 5.10 Å². The summed E-state index contributed by atoms with van der Waals surface area (Å²) in [5.41, 5.74) is 0.412. The van der Waals surface area contributed by atoms with E-state index in [2.05, 4.69) is 15.3 Å². The lowest BCUT2D eigenvalue weighted by atomic mass is 10.0. The fourth-order valence-electron chi connectivity index (χ4n) is 3.56. The quantitative estimate of drug-likeness (QED) is 0.534. The number of fused-ring (bicyclic) bond motifs is 1. The Labute approximate surface area is 179 Å². The van der Waals surface area contributed by atoms with E-state index in [9.17, 15) is 22.4 Å². The van der Waals surface area contributed by atoms with E-state index in [1.54, 1.807) is 13.8 Å². The standard InChI is InChI=1S/C20H16ClF4N5O/c1-10-7-17(26-9-15(10)22)30-16-5-6-29(11(2)18(16)27-28-30)19(31)13-8-12(20(23,24)25)3-4-14(13)21/h3-4,7-9,11H,5-6H2,1-2H3. The van der Waals surface area contributed by atoms with E-state index in [4.69, 9.17) is 11.6 Å². The van der Waals surface area contributed by atoms with Crippen LogP contribution in [0, 0.1) is 12.7 Å². The monoisotopic (exact) mass is 453 g/mol. The summed E-state index contributed by atoms with van der Waals surface area (Å²) >= 11 is 6.03. The van der Waals surface area contributed by atoms with Gasteiger partial charge in [-0.2, -0.15) is 17.9 Å². The Morgan fingerprint density at radius 3 is 2.68 bits per heavy atom. The third-order valence-electron chi connectivity index (χ3n) is 5.28. The third-order valence-corrected chi connectivity index (χ3v) is 5.61. The van der Waals surface area contributed by atoms with Gasteiger partial charge < -0.3 is 4.90 Å². The van der Waals surface area contributed by atoms with Crippen LogP contribution in [0.5, 0.6) is 0 Å². The first-order valence-electron chi connectivity index (χ1n) is 9.32. The summed E-state index contributed by atoms with van der Waals surface area (Å²) in [5.74, 6) is -0.680. The zero-order valence-corrected chi connectivity index (χ0v) is 17.2. The van der Waals surface area contributed by atoms with Crippen LogP contribution in [0.1, 0.15) is 45.8 Å². The Balaban J connectivity index is 1.66. The molecule has 0 fully saturated rings.